The molecule has 138 valence electrons. The third-order valence-electron chi connectivity index (χ3n) is 3.56. The van der Waals surface area contributed by atoms with Crippen molar-refractivity contribution in [1.82, 2.24) is 0 Å². The average Bonchev–Trinajstić information content (AvgIpc) is 2.66. The fraction of sp³-hybridized carbons (Fsp3) is 0.300. The van der Waals surface area contributed by atoms with Crippen molar-refractivity contribution in [3.63, 3.8) is 0 Å². The second kappa shape index (κ2) is 11.6. The third-order valence-corrected chi connectivity index (χ3v) is 4.65. The van der Waals surface area contributed by atoms with Crippen LogP contribution in [-0.2, 0) is 5.75 Å². The molecule has 0 aliphatic heterocycles. The molecule has 0 unspecified atom stereocenters. The van der Waals surface area contributed by atoms with Gasteiger partial charge < -0.3 is 10.5 Å². The lowest BCUT2D eigenvalue weighted by atomic mass is 10.2. The molecule has 2 aromatic carbocycles. The molecule has 0 atom stereocenters. The number of hydrogen-bond acceptors (Lipinski definition) is 4. The van der Waals surface area contributed by atoms with Gasteiger partial charge in [-0.3, -0.25) is 0 Å². The fourth-order valence-corrected chi connectivity index (χ4v) is 2.99. The summed E-state index contributed by atoms with van der Waals surface area (Å²) in [7, 11) is 0. The Morgan fingerprint density at radius 2 is 2.00 bits per heavy atom. The smallest absolute Gasteiger partial charge is 0.180 e. The summed E-state index contributed by atoms with van der Waals surface area (Å²) < 4.78 is 5.82. The zero-order valence-electron chi connectivity index (χ0n) is 14.9. The molecule has 2 aromatic rings. The summed E-state index contributed by atoms with van der Waals surface area (Å²) in [5.41, 5.74) is 7.89. The van der Waals surface area contributed by atoms with E-state index in [4.69, 9.17) is 22.1 Å². The maximum absolute atomic E-state index is 6.08. The van der Waals surface area contributed by atoms with E-state index in [1.807, 2.05) is 30.3 Å². The molecule has 26 heavy (non-hydrogen) atoms. The van der Waals surface area contributed by atoms with Gasteiger partial charge in [-0.25, -0.2) is 0 Å². The summed E-state index contributed by atoms with van der Waals surface area (Å²) in [6.07, 6.45) is 4.96. The van der Waals surface area contributed by atoms with Crippen LogP contribution in [0.3, 0.4) is 0 Å². The van der Waals surface area contributed by atoms with Crippen LogP contribution in [0, 0.1) is 0 Å². The molecule has 6 heteroatoms. The van der Waals surface area contributed by atoms with Gasteiger partial charge in [0.1, 0.15) is 5.75 Å². The van der Waals surface area contributed by atoms with Crippen LogP contribution in [0.15, 0.2) is 58.7 Å². The number of ether oxygens (including phenoxy) is 1. The Morgan fingerprint density at radius 3 is 2.77 bits per heavy atom. The number of benzene rings is 2. The molecule has 2 N–H and O–H groups in total. The number of nitrogens with zero attached hydrogens (tertiary/aromatic N) is 2. The highest BCUT2D eigenvalue weighted by Gasteiger charge is 2.03. The van der Waals surface area contributed by atoms with Crippen LogP contribution in [0.5, 0.6) is 5.75 Å². The van der Waals surface area contributed by atoms with Crippen molar-refractivity contribution in [2.24, 2.45) is 15.9 Å². The Labute approximate surface area is 164 Å². The van der Waals surface area contributed by atoms with Gasteiger partial charge in [0.05, 0.1) is 12.8 Å². The highest BCUT2D eigenvalue weighted by molar-refractivity contribution is 8.13. The first-order chi connectivity index (χ1) is 12.7. The second-order valence-electron chi connectivity index (χ2n) is 5.69. The van der Waals surface area contributed by atoms with Gasteiger partial charge in [-0.1, -0.05) is 73.5 Å². The maximum Gasteiger partial charge on any atom is 0.180 e. The Bertz CT molecular complexity index is 735. The van der Waals surface area contributed by atoms with Crippen molar-refractivity contribution < 1.29 is 4.74 Å². The van der Waals surface area contributed by atoms with Crippen LogP contribution in [0.4, 0.5) is 0 Å². The van der Waals surface area contributed by atoms with E-state index in [1.165, 1.54) is 17.3 Å². The molecular weight excluding hydrogens is 366 g/mol. The van der Waals surface area contributed by atoms with Gasteiger partial charge in [-0.15, -0.1) is 5.10 Å². The molecule has 0 bridgehead atoms. The minimum atomic E-state index is 0.414. The molecule has 0 fully saturated rings. The van der Waals surface area contributed by atoms with Gasteiger partial charge in [0.15, 0.2) is 5.17 Å². The molecular formula is C20H24ClN3OS. The van der Waals surface area contributed by atoms with Crippen LogP contribution in [0.2, 0.25) is 5.02 Å². The lowest BCUT2D eigenvalue weighted by Gasteiger charge is -2.08. The predicted octanol–water partition coefficient (Wildman–Crippen LogP) is 5.49. The Balaban J connectivity index is 1.93. The predicted molar refractivity (Wildman–Crippen MR) is 113 cm³/mol. The van der Waals surface area contributed by atoms with Crippen molar-refractivity contribution >= 4 is 34.7 Å². The number of amidine groups is 1. The Hall–Kier alpha value is -1.98. The summed E-state index contributed by atoms with van der Waals surface area (Å²) in [5.74, 6) is 1.51. The molecule has 0 heterocycles. The van der Waals surface area contributed by atoms with E-state index in [0.29, 0.717) is 16.8 Å². The SMILES string of the molecule is CCCCCOc1ccc(Cl)cc1C=NN=C(N)SCc1ccccc1. The largest absolute Gasteiger partial charge is 0.493 e. The van der Waals surface area contributed by atoms with E-state index in [1.54, 1.807) is 12.3 Å². The number of halogens is 1. The zero-order valence-corrected chi connectivity index (χ0v) is 16.5. The van der Waals surface area contributed by atoms with E-state index in [2.05, 4.69) is 29.3 Å². The molecule has 0 aliphatic rings. The van der Waals surface area contributed by atoms with Crippen LogP contribution < -0.4 is 10.5 Å². The van der Waals surface area contributed by atoms with E-state index >= 15 is 0 Å². The highest BCUT2D eigenvalue weighted by Crippen LogP contribution is 2.22. The van der Waals surface area contributed by atoms with Crippen molar-refractivity contribution in [2.75, 3.05) is 6.61 Å². The van der Waals surface area contributed by atoms with Crippen molar-refractivity contribution in [2.45, 2.75) is 31.9 Å². The highest BCUT2D eigenvalue weighted by atomic mass is 35.5. The first kappa shape index (κ1) is 20.3. The van der Waals surface area contributed by atoms with Gasteiger partial charge in [-0.2, -0.15) is 5.10 Å². The van der Waals surface area contributed by atoms with Gasteiger partial charge in [-0.05, 0) is 30.2 Å². The normalized spacial score (nSPS) is 11.8. The molecule has 0 radical (unpaired) electrons. The number of unbranched alkanes of at least 4 members (excludes halogenated alkanes) is 2. The summed E-state index contributed by atoms with van der Waals surface area (Å²) in [6.45, 7) is 2.84. The second-order valence-corrected chi connectivity index (χ2v) is 7.13. The lowest BCUT2D eigenvalue weighted by Crippen LogP contribution is -2.06. The van der Waals surface area contributed by atoms with Crippen molar-refractivity contribution in [3.05, 3.63) is 64.7 Å². The van der Waals surface area contributed by atoms with E-state index in [-0.39, 0.29) is 0 Å². The quantitative estimate of drug-likeness (QED) is 0.267. The molecule has 0 aliphatic carbocycles. The number of nitrogens with two attached hydrogens (primary N) is 1. The minimum absolute atomic E-state index is 0.414. The first-order valence-electron chi connectivity index (χ1n) is 8.64. The lowest BCUT2D eigenvalue weighted by molar-refractivity contribution is 0.306. The first-order valence-corrected chi connectivity index (χ1v) is 10.0. The summed E-state index contributed by atoms with van der Waals surface area (Å²) in [5, 5.41) is 9.16. The average molecular weight is 390 g/mol. The van der Waals surface area contributed by atoms with E-state index in [9.17, 15) is 0 Å². The molecule has 4 nitrogen and oxygen atoms in total. The summed E-state index contributed by atoms with van der Waals surface area (Å²) >= 11 is 7.53. The molecule has 0 aromatic heterocycles. The van der Waals surface area contributed by atoms with E-state index < -0.39 is 0 Å². The van der Waals surface area contributed by atoms with Gasteiger partial charge in [0, 0.05) is 16.3 Å². The number of thioether (sulfide) groups is 1. The van der Waals surface area contributed by atoms with Crippen molar-refractivity contribution in [3.8, 4) is 5.75 Å². The Kier molecular flexibility index (Phi) is 9.07. The zero-order chi connectivity index (χ0) is 18.6. The molecule has 0 spiro atoms. The Morgan fingerprint density at radius 1 is 1.19 bits per heavy atom. The van der Waals surface area contributed by atoms with Gasteiger partial charge in [0.2, 0.25) is 0 Å². The van der Waals surface area contributed by atoms with Crippen LogP contribution in [0.1, 0.15) is 37.3 Å². The third kappa shape index (κ3) is 7.50. The standard InChI is InChI=1S/C20H24ClN3OS/c1-2-3-7-12-25-19-11-10-18(21)13-17(19)14-23-24-20(22)26-15-16-8-5-4-6-9-16/h4-6,8-11,13-14H,2-3,7,12,15H2,1H3,(H2,22,24). The molecule has 0 amide bonds. The summed E-state index contributed by atoms with van der Waals surface area (Å²) in [6, 6.07) is 15.6. The topological polar surface area (TPSA) is 60.0 Å². The molecule has 0 saturated carbocycles. The summed E-state index contributed by atoms with van der Waals surface area (Å²) in [4.78, 5) is 0. The van der Waals surface area contributed by atoms with Crippen LogP contribution >= 0.6 is 23.4 Å². The number of rotatable bonds is 9. The maximum atomic E-state index is 6.08. The van der Waals surface area contributed by atoms with Crippen molar-refractivity contribution in [1.29, 1.82) is 0 Å². The fourth-order valence-electron chi connectivity index (χ4n) is 2.19. The van der Waals surface area contributed by atoms with E-state index in [0.717, 1.165) is 36.3 Å². The van der Waals surface area contributed by atoms with Crippen LogP contribution in [-0.4, -0.2) is 18.0 Å². The monoisotopic (exact) mass is 389 g/mol. The molecule has 0 saturated heterocycles. The molecule has 2 rings (SSSR count). The number of hydrogen-bond donors (Lipinski definition) is 1. The van der Waals surface area contributed by atoms with Gasteiger partial charge in [0.25, 0.3) is 0 Å². The van der Waals surface area contributed by atoms with Crippen LogP contribution in [0.25, 0.3) is 0 Å². The minimum Gasteiger partial charge on any atom is -0.493 e. The van der Waals surface area contributed by atoms with Gasteiger partial charge >= 0.3 is 0 Å².